The minimum absolute atomic E-state index is 0.236. The molecule has 0 saturated heterocycles. The quantitative estimate of drug-likeness (QED) is 0.597. The van der Waals surface area contributed by atoms with Crippen molar-refractivity contribution in [1.29, 1.82) is 0 Å². The van der Waals surface area contributed by atoms with Gasteiger partial charge in [-0.05, 0) is 30.7 Å². The molecule has 0 unspecified atom stereocenters. The molecule has 0 aliphatic carbocycles. The lowest BCUT2D eigenvalue weighted by Gasteiger charge is -2.12. The Morgan fingerprint density at radius 1 is 1.38 bits per heavy atom. The molecule has 0 bridgehead atoms. The lowest BCUT2D eigenvalue weighted by molar-refractivity contribution is 0.102. The minimum atomic E-state index is -0.368. The number of pyridine rings is 1. The van der Waals surface area contributed by atoms with Gasteiger partial charge in [0.25, 0.3) is 5.91 Å². The number of nitrogens with zero attached hydrogens (tertiary/aromatic N) is 1. The lowest BCUT2D eigenvalue weighted by Crippen LogP contribution is -2.15. The summed E-state index contributed by atoms with van der Waals surface area (Å²) >= 11 is 6.03. The number of aromatic nitrogens is 1. The van der Waals surface area contributed by atoms with Crippen molar-refractivity contribution in [2.45, 2.75) is 6.92 Å². The van der Waals surface area contributed by atoms with Gasteiger partial charge in [0.15, 0.2) is 0 Å². The number of rotatable bonds is 4. The summed E-state index contributed by atoms with van der Waals surface area (Å²) in [5.41, 5.74) is 4.65. The van der Waals surface area contributed by atoms with Crippen molar-refractivity contribution in [2.24, 2.45) is 5.84 Å². The number of ether oxygens (including phenoxy) is 1. The van der Waals surface area contributed by atoms with Crippen LogP contribution in [0.3, 0.4) is 0 Å². The summed E-state index contributed by atoms with van der Waals surface area (Å²) in [5, 5.41) is 3.31. The summed E-state index contributed by atoms with van der Waals surface area (Å²) in [7, 11) is 1.51. The number of carbonyl (C=O) groups is 1. The van der Waals surface area contributed by atoms with Crippen LogP contribution in [0.1, 0.15) is 16.1 Å². The molecule has 1 aromatic heterocycles. The molecule has 0 aliphatic rings. The van der Waals surface area contributed by atoms with Gasteiger partial charge in [0, 0.05) is 17.3 Å². The third-order valence-electron chi connectivity index (χ3n) is 2.89. The van der Waals surface area contributed by atoms with Crippen LogP contribution < -0.4 is 21.3 Å². The van der Waals surface area contributed by atoms with Gasteiger partial charge in [-0.2, -0.15) is 0 Å². The zero-order valence-corrected chi connectivity index (χ0v) is 12.4. The number of benzene rings is 1. The topological polar surface area (TPSA) is 89.3 Å². The predicted octanol–water partition coefficient (Wildman–Crippen LogP) is 2.59. The summed E-state index contributed by atoms with van der Waals surface area (Å²) in [6.07, 6.45) is 1.49. The molecule has 6 nitrogen and oxygen atoms in total. The Bertz CT molecular complexity index is 676. The van der Waals surface area contributed by atoms with Gasteiger partial charge in [-0.3, -0.25) is 15.6 Å². The second-order valence-corrected chi connectivity index (χ2v) is 4.74. The molecular weight excluding hydrogens is 292 g/mol. The number of nitrogen functional groups attached to an aromatic ring is 1. The molecule has 7 heteroatoms. The molecule has 2 aromatic rings. The minimum Gasteiger partial charge on any atom is -0.495 e. The van der Waals surface area contributed by atoms with Crippen LogP contribution in [0.4, 0.5) is 11.4 Å². The summed E-state index contributed by atoms with van der Waals surface area (Å²) in [6, 6.07) is 6.59. The number of nitrogens with one attached hydrogen (secondary N) is 2. The van der Waals surface area contributed by atoms with Crippen molar-refractivity contribution in [3.63, 3.8) is 0 Å². The predicted molar refractivity (Wildman–Crippen MR) is 82.7 cm³/mol. The molecule has 1 amide bonds. The zero-order valence-electron chi connectivity index (χ0n) is 11.6. The van der Waals surface area contributed by atoms with Crippen molar-refractivity contribution in [3.05, 3.63) is 46.7 Å². The SMILES string of the molecule is COc1cc(Cl)c(C)cc1NC(=O)c1cc(NN)ccn1. The van der Waals surface area contributed by atoms with Gasteiger partial charge in [-0.1, -0.05) is 11.6 Å². The number of hydrazine groups is 1. The highest BCUT2D eigenvalue weighted by molar-refractivity contribution is 6.31. The van der Waals surface area contributed by atoms with Gasteiger partial charge in [0.2, 0.25) is 0 Å². The lowest BCUT2D eigenvalue weighted by atomic mass is 10.2. The van der Waals surface area contributed by atoms with Crippen LogP contribution in [0.25, 0.3) is 0 Å². The van der Waals surface area contributed by atoms with Gasteiger partial charge in [-0.15, -0.1) is 0 Å². The summed E-state index contributed by atoms with van der Waals surface area (Å²) in [6.45, 7) is 1.84. The Morgan fingerprint density at radius 2 is 2.14 bits per heavy atom. The van der Waals surface area contributed by atoms with Gasteiger partial charge in [-0.25, -0.2) is 0 Å². The smallest absolute Gasteiger partial charge is 0.274 e. The normalized spacial score (nSPS) is 10.1. The van der Waals surface area contributed by atoms with E-state index in [-0.39, 0.29) is 11.6 Å². The van der Waals surface area contributed by atoms with Crippen LogP contribution in [-0.4, -0.2) is 18.0 Å². The maximum atomic E-state index is 12.2. The molecular formula is C14H15ClN4O2. The third-order valence-corrected chi connectivity index (χ3v) is 3.30. The molecule has 110 valence electrons. The molecule has 0 atom stereocenters. The first kappa shape index (κ1) is 15.1. The zero-order chi connectivity index (χ0) is 15.4. The molecule has 0 spiro atoms. The first-order valence-corrected chi connectivity index (χ1v) is 6.51. The fraction of sp³-hybridized carbons (Fsp3) is 0.143. The van der Waals surface area contributed by atoms with Gasteiger partial charge in [0.05, 0.1) is 18.5 Å². The van der Waals surface area contributed by atoms with E-state index in [0.29, 0.717) is 22.1 Å². The average molecular weight is 307 g/mol. The van der Waals surface area contributed by atoms with E-state index in [4.69, 9.17) is 22.2 Å². The Balaban J connectivity index is 2.28. The highest BCUT2D eigenvalue weighted by atomic mass is 35.5. The average Bonchev–Trinajstić information content (AvgIpc) is 2.50. The third kappa shape index (κ3) is 3.42. The second-order valence-electron chi connectivity index (χ2n) is 4.33. The monoisotopic (exact) mass is 306 g/mol. The Kier molecular flexibility index (Phi) is 4.62. The molecule has 0 saturated carbocycles. The van der Waals surface area contributed by atoms with Crippen molar-refractivity contribution in [3.8, 4) is 5.75 Å². The van der Waals surface area contributed by atoms with Gasteiger partial charge < -0.3 is 15.5 Å². The van der Waals surface area contributed by atoms with E-state index in [9.17, 15) is 4.79 Å². The number of carbonyl (C=O) groups excluding carboxylic acids is 1. The molecule has 1 aromatic carbocycles. The van der Waals surface area contributed by atoms with E-state index >= 15 is 0 Å². The summed E-state index contributed by atoms with van der Waals surface area (Å²) in [5.74, 6) is 5.42. The highest BCUT2D eigenvalue weighted by Crippen LogP contribution is 2.31. The van der Waals surface area contributed by atoms with Crippen molar-refractivity contribution in [1.82, 2.24) is 4.98 Å². The summed E-state index contributed by atoms with van der Waals surface area (Å²) < 4.78 is 5.21. The Morgan fingerprint density at radius 3 is 2.81 bits per heavy atom. The molecule has 1 heterocycles. The number of anilines is 2. The second kappa shape index (κ2) is 6.43. The van der Waals surface area contributed by atoms with Crippen LogP contribution in [-0.2, 0) is 0 Å². The largest absolute Gasteiger partial charge is 0.495 e. The van der Waals surface area contributed by atoms with E-state index in [0.717, 1.165) is 5.56 Å². The van der Waals surface area contributed by atoms with Gasteiger partial charge in [0.1, 0.15) is 11.4 Å². The van der Waals surface area contributed by atoms with E-state index in [1.165, 1.54) is 13.3 Å². The van der Waals surface area contributed by atoms with Crippen molar-refractivity contribution in [2.75, 3.05) is 17.9 Å². The fourth-order valence-electron chi connectivity index (χ4n) is 1.76. The number of amides is 1. The van der Waals surface area contributed by atoms with E-state index in [1.54, 1.807) is 24.3 Å². The molecule has 0 fully saturated rings. The first-order valence-electron chi connectivity index (χ1n) is 6.13. The maximum absolute atomic E-state index is 12.2. The summed E-state index contributed by atoms with van der Waals surface area (Å²) in [4.78, 5) is 16.2. The van der Waals surface area contributed by atoms with Crippen molar-refractivity contribution < 1.29 is 9.53 Å². The van der Waals surface area contributed by atoms with E-state index < -0.39 is 0 Å². The molecule has 4 N–H and O–H groups in total. The van der Waals surface area contributed by atoms with E-state index in [1.807, 2.05) is 6.92 Å². The number of halogens is 1. The number of nitrogens with two attached hydrogens (primary N) is 1. The molecule has 2 rings (SSSR count). The van der Waals surface area contributed by atoms with Crippen LogP contribution in [0.5, 0.6) is 5.75 Å². The fourth-order valence-corrected chi connectivity index (χ4v) is 1.91. The highest BCUT2D eigenvalue weighted by Gasteiger charge is 2.13. The van der Waals surface area contributed by atoms with Crippen LogP contribution >= 0.6 is 11.6 Å². The maximum Gasteiger partial charge on any atom is 0.274 e. The Hall–Kier alpha value is -2.31. The molecule has 0 aliphatic heterocycles. The van der Waals surface area contributed by atoms with E-state index in [2.05, 4.69) is 15.7 Å². The standard InChI is InChI=1S/C14H15ClN4O2/c1-8-5-11(13(21-2)7-10(8)15)18-14(20)12-6-9(19-16)3-4-17-12/h3-7H,16H2,1-2H3,(H,17,19)(H,18,20). The van der Waals surface area contributed by atoms with Crippen LogP contribution in [0, 0.1) is 6.92 Å². The molecule has 21 heavy (non-hydrogen) atoms. The van der Waals surface area contributed by atoms with Gasteiger partial charge >= 0.3 is 0 Å². The Labute approximate surface area is 127 Å². The number of hydrogen-bond donors (Lipinski definition) is 3. The number of aryl methyl sites for hydroxylation is 1. The first-order chi connectivity index (χ1) is 10.0. The van der Waals surface area contributed by atoms with Crippen LogP contribution in [0.15, 0.2) is 30.5 Å². The van der Waals surface area contributed by atoms with Crippen LogP contribution in [0.2, 0.25) is 5.02 Å². The van der Waals surface area contributed by atoms with Crippen molar-refractivity contribution >= 4 is 28.9 Å². The molecule has 0 radical (unpaired) electrons. The number of methoxy groups -OCH3 is 1. The number of hydrogen-bond acceptors (Lipinski definition) is 5.